The van der Waals surface area contributed by atoms with Crippen molar-refractivity contribution in [2.75, 3.05) is 38.7 Å². The zero-order chi connectivity index (χ0) is 39.7. The Morgan fingerprint density at radius 2 is 1.35 bits per heavy atom. The number of Topliss-reactive ketones (excluding diaryl/α,β-unsaturated/α-hetero) is 3. The number of aliphatic carboxylic acids is 3. The number of amides is 2. The molecule has 0 fully saturated rings. The maximum Gasteiger partial charge on any atom is 0.306 e. The molecule has 0 aromatic carbocycles. The number of ether oxygens (including phenoxy) is 2. The van der Waals surface area contributed by atoms with Crippen LogP contribution in [0.25, 0.3) is 0 Å². The van der Waals surface area contributed by atoms with Crippen LogP contribution in [0.1, 0.15) is 90.4 Å². The first kappa shape index (κ1) is 48.1. The molecule has 52 heavy (non-hydrogen) atoms. The van der Waals surface area contributed by atoms with E-state index in [2.05, 4.69) is 10.6 Å². The first-order valence-corrected chi connectivity index (χ1v) is 18.6. The highest BCUT2D eigenvalue weighted by atomic mass is 32.2. The minimum absolute atomic E-state index is 0.0149. The molecule has 4 unspecified atom stereocenters. The Balaban J connectivity index is 4.42. The van der Waals surface area contributed by atoms with Gasteiger partial charge in [-0.15, -0.1) is 0 Å². The van der Waals surface area contributed by atoms with Gasteiger partial charge in [0, 0.05) is 45.1 Å². The fourth-order valence-electron chi connectivity index (χ4n) is 4.78. The Bertz CT molecular complexity index is 1310. The van der Waals surface area contributed by atoms with E-state index in [0.717, 1.165) is 0 Å². The lowest BCUT2D eigenvalue weighted by molar-refractivity contribution is -0.145. The Morgan fingerprint density at radius 1 is 0.712 bits per heavy atom. The number of hydrogen-bond donors (Lipinski definition) is 7. The van der Waals surface area contributed by atoms with Crippen LogP contribution >= 0.6 is 0 Å². The third kappa shape index (κ3) is 25.2. The number of carbonyl (C=O) groups excluding carboxylic acids is 5. The minimum atomic E-state index is -4.78. The smallest absolute Gasteiger partial charge is 0.306 e. The van der Waals surface area contributed by atoms with Gasteiger partial charge in [-0.2, -0.15) is 8.42 Å². The zero-order valence-electron chi connectivity index (χ0n) is 29.4. The molecule has 0 aliphatic carbocycles. The Kier molecular flexibility index (Phi) is 24.9. The third-order valence-electron chi connectivity index (χ3n) is 7.77. The van der Waals surface area contributed by atoms with E-state index >= 15 is 0 Å². The molecule has 0 rings (SSSR count). The van der Waals surface area contributed by atoms with Crippen molar-refractivity contribution in [2.45, 2.75) is 102 Å². The van der Waals surface area contributed by atoms with Crippen LogP contribution in [0, 0.1) is 11.8 Å². The van der Waals surface area contributed by atoms with Crippen LogP contribution in [0.2, 0.25) is 0 Å². The van der Waals surface area contributed by atoms with Crippen molar-refractivity contribution in [3.8, 4) is 0 Å². The van der Waals surface area contributed by atoms with E-state index in [1.54, 1.807) is 0 Å². The number of ketones is 3. The second kappa shape index (κ2) is 26.9. The SMILES string of the molecule is CCC(N)C(=O)CCCCCC(CC(=O)COCCOCCNC(=O)CCC(CC(=O)C(CS(=O)(=O)O)NC(=O)CCCC(=O)O)C(=O)O)C(=O)O. The maximum absolute atomic E-state index is 12.7. The lowest BCUT2D eigenvalue weighted by atomic mass is 9.94. The van der Waals surface area contributed by atoms with Crippen molar-refractivity contribution in [1.29, 1.82) is 0 Å². The van der Waals surface area contributed by atoms with Crippen molar-refractivity contribution >= 4 is 57.2 Å². The molecule has 4 atom stereocenters. The van der Waals surface area contributed by atoms with Gasteiger partial charge in [0.25, 0.3) is 10.1 Å². The molecule has 8 N–H and O–H groups in total. The molecule has 20 heteroatoms. The summed E-state index contributed by atoms with van der Waals surface area (Å²) in [5.74, 6) is -10.1. The summed E-state index contributed by atoms with van der Waals surface area (Å²) < 4.78 is 42.5. The van der Waals surface area contributed by atoms with Gasteiger partial charge in [-0.1, -0.05) is 19.8 Å². The molecule has 2 amide bonds. The molecular formula is C32H53N3O16S. The molecule has 0 aromatic heterocycles. The van der Waals surface area contributed by atoms with E-state index in [1.807, 2.05) is 6.92 Å². The van der Waals surface area contributed by atoms with E-state index < -0.39 is 87.5 Å². The fourth-order valence-corrected chi connectivity index (χ4v) is 5.47. The van der Waals surface area contributed by atoms with Crippen molar-refractivity contribution in [2.24, 2.45) is 17.6 Å². The molecule has 0 radical (unpaired) electrons. The van der Waals surface area contributed by atoms with Crippen molar-refractivity contribution in [1.82, 2.24) is 10.6 Å². The summed E-state index contributed by atoms with van der Waals surface area (Å²) in [7, 11) is -4.78. The number of unbranched alkanes of at least 4 members (excludes halogenated alkanes) is 2. The van der Waals surface area contributed by atoms with Crippen molar-refractivity contribution in [3.63, 3.8) is 0 Å². The average Bonchev–Trinajstić information content (AvgIpc) is 3.04. The molecule has 19 nitrogen and oxygen atoms in total. The zero-order valence-corrected chi connectivity index (χ0v) is 30.2. The highest BCUT2D eigenvalue weighted by Crippen LogP contribution is 2.17. The van der Waals surface area contributed by atoms with E-state index in [-0.39, 0.29) is 83.7 Å². The van der Waals surface area contributed by atoms with Gasteiger partial charge in [0.05, 0.1) is 37.7 Å². The minimum Gasteiger partial charge on any atom is -0.481 e. The van der Waals surface area contributed by atoms with Crippen molar-refractivity contribution < 1.29 is 76.1 Å². The third-order valence-corrected chi connectivity index (χ3v) is 8.52. The molecule has 0 saturated heterocycles. The Hall–Kier alpha value is -3.85. The van der Waals surface area contributed by atoms with Gasteiger partial charge in [0.1, 0.15) is 24.2 Å². The average molecular weight is 768 g/mol. The summed E-state index contributed by atoms with van der Waals surface area (Å²) >= 11 is 0. The van der Waals surface area contributed by atoms with Crippen molar-refractivity contribution in [3.05, 3.63) is 0 Å². The van der Waals surface area contributed by atoms with Crippen LogP contribution in [0.15, 0.2) is 0 Å². The highest BCUT2D eigenvalue weighted by Gasteiger charge is 2.31. The van der Waals surface area contributed by atoms with E-state index in [1.165, 1.54) is 0 Å². The van der Waals surface area contributed by atoms with Gasteiger partial charge in [-0.3, -0.25) is 42.9 Å². The van der Waals surface area contributed by atoms with E-state index in [9.17, 15) is 61.5 Å². The Morgan fingerprint density at radius 3 is 1.94 bits per heavy atom. The number of hydrogen-bond acceptors (Lipinski definition) is 13. The summed E-state index contributed by atoms with van der Waals surface area (Å²) in [6.45, 7) is 1.64. The van der Waals surface area contributed by atoms with Gasteiger partial charge in [0.15, 0.2) is 11.6 Å². The molecule has 0 aliphatic heterocycles. The quantitative estimate of drug-likeness (QED) is 0.0344. The van der Waals surface area contributed by atoms with E-state index in [4.69, 9.17) is 20.3 Å². The number of rotatable bonds is 33. The van der Waals surface area contributed by atoms with Crippen LogP contribution in [-0.4, -0.2) is 126 Å². The van der Waals surface area contributed by atoms with Crippen LogP contribution in [-0.2, 0) is 57.9 Å². The highest BCUT2D eigenvalue weighted by molar-refractivity contribution is 7.85. The molecule has 0 aliphatic rings. The molecule has 0 saturated carbocycles. The van der Waals surface area contributed by atoms with Gasteiger partial charge in [-0.05, 0) is 32.1 Å². The second-order valence-electron chi connectivity index (χ2n) is 12.2. The molecule has 0 spiro atoms. The fraction of sp³-hybridized carbons (Fsp3) is 0.750. The summed E-state index contributed by atoms with van der Waals surface area (Å²) in [5, 5.41) is 32.2. The van der Waals surface area contributed by atoms with E-state index in [0.29, 0.717) is 32.1 Å². The number of carbonyl (C=O) groups is 8. The molecule has 0 aromatic rings. The number of carboxylic acids is 3. The van der Waals surface area contributed by atoms with Gasteiger partial charge < -0.3 is 41.2 Å². The summed E-state index contributed by atoms with van der Waals surface area (Å²) in [6, 6.07) is -2.28. The normalized spacial score (nSPS) is 13.7. The number of nitrogens with one attached hydrogen (secondary N) is 2. The molecule has 0 bridgehead atoms. The van der Waals surface area contributed by atoms with Gasteiger partial charge >= 0.3 is 17.9 Å². The standard InChI is InChI=1S/C32H53N3O16S/c1-2-24(33)26(37)8-5-3-4-7-21(31(43)44)17-23(36)19-51-16-15-50-14-13-34-28(39)12-11-22(32(45)46)18-27(38)25(20-52(47,48)49)35-29(40)9-6-10-30(41)42/h21-22,24-25H,2-20,33H2,1H3,(H,34,39)(H,35,40)(H,41,42)(H,43,44)(H,45,46)(H,47,48,49). The first-order chi connectivity index (χ1) is 24.4. The molecule has 0 heterocycles. The topological polar surface area (TPSA) is 320 Å². The van der Waals surface area contributed by atoms with Crippen LogP contribution < -0.4 is 16.4 Å². The monoisotopic (exact) mass is 767 g/mol. The lowest BCUT2D eigenvalue weighted by Crippen LogP contribution is -2.46. The first-order valence-electron chi connectivity index (χ1n) is 17.0. The van der Waals surface area contributed by atoms with Gasteiger partial charge in [-0.25, -0.2) is 0 Å². The van der Waals surface area contributed by atoms with Crippen LogP contribution in [0.4, 0.5) is 0 Å². The lowest BCUT2D eigenvalue weighted by Gasteiger charge is -2.19. The summed E-state index contributed by atoms with van der Waals surface area (Å²) in [5.41, 5.74) is 5.69. The number of carboxylic acid groups (broad SMARTS) is 3. The maximum atomic E-state index is 12.7. The number of nitrogens with two attached hydrogens (primary N) is 1. The summed E-state index contributed by atoms with van der Waals surface area (Å²) in [4.78, 5) is 94.8. The van der Waals surface area contributed by atoms with Crippen LogP contribution in [0.5, 0.6) is 0 Å². The Labute approximate surface area is 302 Å². The largest absolute Gasteiger partial charge is 0.481 e. The van der Waals surface area contributed by atoms with Gasteiger partial charge in [0.2, 0.25) is 11.8 Å². The summed E-state index contributed by atoms with van der Waals surface area (Å²) in [6.07, 6.45) is 0.525. The predicted molar refractivity (Wildman–Crippen MR) is 182 cm³/mol. The molecule has 298 valence electrons. The molecular weight excluding hydrogens is 714 g/mol. The second-order valence-corrected chi connectivity index (χ2v) is 13.7. The van der Waals surface area contributed by atoms with Crippen LogP contribution in [0.3, 0.4) is 0 Å². The predicted octanol–water partition coefficient (Wildman–Crippen LogP) is 0.120.